The predicted octanol–water partition coefficient (Wildman–Crippen LogP) is 2.09. The number of pyridine rings is 1. The van der Waals surface area contributed by atoms with Crippen LogP contribution in [0, 0.1) is 0 Å². The fourth-order valence-electron chi connectivity index (χ4n) is 2.69. The molecule has 0 spiro atoms. The zero-order chi connectivity index (χ0) is 15.5. The molecule has 1 aliphatic rings. The van der Waals surface area contributed by atoms with Crippen LogP contribution >= 0.6 is 0 Å². The maximum Gasteiger partial charge on any atom is 0.410 e. The molecule has 0 bridgehead atoms. The monoisotopic (exact) mass is 301 g/mol. The van der Waals surface area contributed by atoms with E-state index in [0.717, 1.165) is 28.6 Å². The molecule has 2 N–H and O–H groups in total. The first-order chi connectivity index (χ1) is 10.7. The van der Waals surface area contributed by atoms with Crippen molar-refractivity contribution in [2.45, 2.75) is 12.5 Å². The van der Waals surface area contributed by atoms with Gasteiger partial charge in [0.1, 0.15) is 11.9 Å². The summed E-state index contributed by atoms with van der Waals surface area (Å²) < 4.78 is 10.8. The van der Waals surface area contributed by atoms with Crippen molar-refractivity contribution < 1.29 is 14.3 Å². The summed E-state index contributed by atoms with van der Waals surface area (Å²) in [7, 11) is 1.63. The molecule has 2 heterocycles. The highest BCUT2D eigenvalue weighted by Gasteiger charge is 2.32. The molecule has 2 aromatic rings. The van der Waals surface area contributed by atoms with E-state index in [4.69, 9.17) is 15.2 Å². The van der Waals surface area contributed by atoms with E-state index in [1.165, 1.54) is 0 Å². The van der Waals surface area contributed by atoms with Crippen LogP contribution in [-0.2, 0) is 4.74 Å². The normalized spacial score (nSPS) is 17.8. The molecule has 1 fully saturated rings. The van der Waals surface area contributed by atoms with Crippen molar-refractivity contribution in [2.24, 2.45) is 5.73 Å². The average Bonchev–Trinajstić information content (AvgIpc) is 2.92. The van der Waals surface area contributed by atoms with Crippen LogP contribution in [0.3, 0.4) is 0 Å². The van der Waals surface area contributed by atoms with Gasteiger partial charge in [-0.1, -0.05) is 0 Å². The molecular formula is C16H19N3O3. The van der Waals surface area contributed by atoms with Gasteiger partial charge in [-0.15, -0.1) is 0 Å². The van der Waals surface area contributed by atoms with Gasteiger partial charge in [0, 0.05) is 23.7 Å². The van der Waals surface area contributed by atoms with Crippen molar-refractivity contribution in [2.75, 3.05) is 26.7 Å². The third-order valence-corrected chi connectivity index (χ3v) is 3.85. The third-order valence-electron chi connectivity index (χ3n) is 3.85. The van der Waals surface area contributed by atoms with E-state index in [2.05, 4.69) is 4.98 Å². The Morgan fingerprint density at radius 1 is 1.45 bits per heavy atom. The van der Waals surface area contributed by atoms with E-state index in [1.807, 2.05) is 24.3 Å². The van der Waals surface area contributed by atoms with Gasteiger partial charge in [-0.05, 0) is 37.2 Å². The summed E-state index contributed by atoms with van der Waals surface area (Å²) >= 11 is 0. The van der Waals surface area contributed by atoms with E-state index >= 15 is 0 Å². The van der Waals surface area contributed by atoms with Crippen molar-refractivity contribution in [3.63, 3.8) is 0 Å². The highest BCUT2D eigenvalue weighted by atomic mass is 16.6. The third kappa shape index (κ3) is 2.69. The molecule has 116 valence electrons. The standard InChI is InChI=1S/C16H19N3O3/c1-21-11-3-4-14-13(9-11)12(5-7-18-14)15-10-19(8-2-6-17)16(20)22-15/h3-5,7,9,15H,2,6,8,10,17H2,1H3/t15-/m0/s1. The van der Waals surface area contributed by atoms with Gasteiger partial charge in [0.25, 0.3) is 0 Å². The fourth-order valence-corrected chi connectivity index (χ4v) is 2.69. The minimum Gasteiger partial charge on any atom is -0.497 e. The number of methoxy groups -OCH3 is 1. The molecule has 0 aliphatic carbocycles. The lowest BCUT2D eigenvalue weighted by Gasteiger charge is -2.13. The number of amides is 1. The number of cyclic esters (lactones) is 1. The summed E-state index contributed by atoms with van der Waals surface area (Å²) in [6.45, 7) is 1.72. The Balaban J connectivity index is 1.92. The van der Waals surface area contributed by atoms with Crippen LogP contribution in [0.2, 0.25) is 0 Å². The molecule has 1 saturated heterocycles. The van der Waals surface area contributed by atoms with E-state index in [9.17, 15) is 4.79 Å². The number of aromatic nitrogens is 1. The summed E-state index contributed by atoms with van der Waals surface area (Å²) in [5.74, 6) is 0.756. The van der Waals surface area contributed by atoms with Gasteiger partial charge in [0.2, 0.25) is 0 Å². The molecule has 22 heavy (non-hydrogen) atoms. The van der Waals surface area contributed by atoms with Gasteiger partial charge in [0.05, 0.1) is 19.2 Å². The Bertz CT molecular complexity index is 689. The van der Waals surface area contributed by atoms with Crippen molar-refractivity contribution in [3.8, 4) is 5.75 Å². The number of hydrogen-bond acceptors (Lipinski definition) is 5. The van der Waals surface area contributed by atoms with Crippen LogP contribution in [0.15, 0.2) is 30.5 Å². The lowest BCUT2D eigenvalue weighted by atomic mass is 10.0. The topological polar surface area (TPSA) is 77.7 Å². The molecule has 1 amide bonds. The minimum absolute atomic E-state index is 0.286. The molecule has 1 atom stereocenters. The van der Waals surface area contributed by atoms with E-state index in [1.54, 1.807) is 18.2 Å². The zero-order valence-electron chi connectivity index (χ0n) is 12.5. The summed E-state index contributed by atoms with van der Waals surface area (Å²) in [6, 6.07) is 7.59. The van der Waals surface area contributed by atoms with E-state index in [-0.39, 0.29) is 12.2 Å². The first-order valence-corrected chi connectivity index (χ1v) is 7.31. The quantitative estimate of drug-likeness (QED) is 0.915. The van der Waals surface area contributed by atoms with Crippen LogP contribution in [0.5, 0.6) is 5.75 Å². The molecule has 1 aromatic heterocycles. The lowest BCUT2D eigenvalue weighted by Crippen LogP contribution is -2.27. The predicted molar refractivity (Wildman–Crippen MR) is 82.8 cm³/mol. The maximum atomic E-state index is 11.9. The van der Waals surface area contributed by atoms with Gasteiger partial charge in [-0.25, -0.2) is 4.79 Å². The van der Waals surface area contributed by atoms with E-state index in [0.29, 0.717) is 19.6 Å². The summed E-state index contributed by atoms with van der Waals surface area (Å²) in [4.78, 5) is 18.0. The molecule has 6 heteroatoms. The summed E-state index contributed by atoms with van der Waals surface area (Å²) in [5, 5.41) is 0.945. The highest BCUT2D eigenvalue weighted by molar-refractivity contribution is 5.84. The second-order valence-electron chi connectivity index (χ2n) is 5.24. The van der Waals surface area contributed by atoms with Crippen molar-refractivity contribution in [3.05, 3.63) is 36.0 Å². The molecule has 1 aliphatic heterocycles. The number of benzene rings is 1. The largest absolute Gasteiger partial charge is 0.497 e. The molecule has 6 nitrogen and oxygen atoms in total. The molecule has 0 saturated carbocycles. The number of nitrogens with zero attached hydrogens (tertiary/aromatic N) is 2. The molecule has 1 aromatic carbocycles. The number of carbonyl (C=O) groups is 1. The van der Waals surface area contributed by atoms with Crippen LogP contribution in [-0.4, -0.2) is 42.7 Å². The number of ether oxygens (including phenoxy) is 2. The van der Waals surface area contributed by atoms with Gasteiger partial charge in [0.15, 0.2) is 0 Å². The van der Waals surface area contributed by atoms with Crippen LogP contribution in [0.25, 0.3) is 10.9 Å². The number of hydrogen-bond donors (Lipinski definition) is 1. The van der Waals surface area contributed by atoms with Crippen LogP contribution in [0.1, 0.15) is 18.1 Å². The second-order valence-corrected chi connectivity index (χ2v) is 5.24. The van der Waals surface area contributed by atoms with Gasteiger partial charge in [-0.3, -0.25) is 4.98 Å². The summed E-state index contributed by atoms with van der Waals surface area (Å²) in [6.07, 6.45) is 1.93. The number of carbonyl (C=O) groups excluding carboxylic acids is 1. The Kier molecular flexibility index (Phi) is 4.11. The van der Waals surface area contributed by atoms with Crippen molar-refractivity contribution >= 4 is 17.0 Å². The Labute approximate surface area is 128 Å². The van der Waals surface area contributed by atoms with Gasteiger partial charge >= 0.3 is 6.09 Å². The lowest BCUT2D eigenvalue weighted by molar-refractivity contribution is 0.133. The van der Waals surface area contributed by atoms with Crippen LogP contribution in [0.4, 0.5) is 4.79 Å². The van der Waals surface area contributed by atoms with Gasteiger partial charge < -0.3 is 20.1 Å². The Morgan fingerprint density at radius 2 is 2.32 bits per heavy atom. The molecule has 0 unspecified atom stereocenters. The SMILES string of the molecule is COc1ccc2nccc([C@@H]3CN(CCCN)C(=O)O3)c2c1. The van der Waals surface area contributed by atoms with Crippen LogP contribution < -0.4 is 10.5 Å². The van der Waals surface area contributed by atoms with Crippen molar-refractivity contribution in [1.82, 2.24) is 9.88 Å². The zero-order valence-corrected chi connectivity index (χ0v) is 12.5. The van der Waals surface area contributed by atoms with E-state index < -0.39 is 0 Å². The average molecular weight is 301 g/mol. The highest BCUT2D eigenvalue weighted by Crippen LogP contribution is 2.32. The first-order valence-electron chi connectivity index (χ1n) is 7.31. The first kappa shape index (κ1) is 14.6. The van der Waals surface area contributed by atoms with Gasteiger partial charge in [-0.2, -0.15) is 0 Å². The summed E-state index contributed by atoms with van der Waals surface area (Å²) in [5.41, 5.74) is 7.31. The number of fused-ring (bicyclic) bond motifs is 1. The Hall–Kier alpha value is -2.34. The smallest absolute Gasteiger partial charge is 0.410 e. The minimum atomic E-state index is -0.289. The van der Waals surface area contributed by atoms with Crippen molar-refractivity contribution in [1.29, 1.82) is 0 Å². The number of nitrogens with two attached hydrogens (primary N) is 1. The number of rotatable bonds is 5. The molecule has 0 radical (unpaired) electrons. The fraction of sp³-hybridized carbons (Fsp3) is 0.375. The maximum absolute atomic E-state index is 11.9. The Morgan fingerprint density at radius 3 is 3.09 bits per heavy atom. The molecule has 3 rings (SSSR count). The molecular weight excluding hydrogens is 282 g/mol. The second kappa shape index (κ2) is 6.19.